The minimum absolute atomic E-state index is 0.0152. The molecule has 0 bridgehead atoms. The highest BCUT2D eigenvalue weighted by Crippen LogP contribution is 2.37. The molecular formula is C29H39N3O2. The van der Waals surface area contributed by atoms with Gasteiger partial charge in [-0.1, -0.05) is 39.3 Å². The second-order valence-electron chi connectivity index (χ2n) is 10.7. The molecule has 0 saturated heterocycles. The van der Waals surface area contributed by atoms with Gasteiger partial charge in [0.1, 0.15) is 18.0 Å². The molecule has 4 atom stereocenters. The Kier molecular flexibility index (Phi) is 7.01. The maximum Gasteiger partial charge on any atom is 0.329 e. The van der Waals surface area contributed by atoms with E-state index in [0.29, 0.717) is 17.8 Å². The zero-order chi connectivity index (χ0) is 24.6. The minimum atomic E-state index is -0.471. The summed E-state index contributed by atoms with van der Waals surface area (Å²) in [6, 6.07) is 13.9. The molecular weight excluding hydrogens is 422 g/mol. The summed E-state index contributed by atoms with van der Waals surface area (Å²) in [7, 11) is 4.09. The first-order valence-corrected chi connectivity index (χ1v) is 12.6. The van der Waals surface area contributed by atoms with Gasteiger partial charge in [-0.25, -0.2) is 9.78 Å². The van der Waals surface area contributed by atoms with Gasteiger partial charge in [0.25, 0.3) is 0 Å². The van der Waals surface area contributed by atoms with Crippen LogP contribution in [-0.4, -0.2) is 35.7 Å². The van der Waals surface area contributed by atoms with E-state index >= 15 is 0 Å². The molecule has 1 aromatic heterocycles. The molecule has 0 unspecified atom stereocenters. The number of ether oxygens (including phenoxy) is 1. The molecule has 1 heterocycles. The highest BCUT2D eigenvalue weighted by Gasteiger charge is 2.35. The molecule has 3 aromatic rings. The van der Waals surface area contributed by atoms with Crippen molar-refractivity contribution in [3.05, 3.63) is 48.0 Å². The number of imidazole rings is 1. The molecule has 1 aliphatic rings. The van der Waals surface area contributed by atoms with Crippen LogP contribution in [0.4, 0.5) is 5.69 Å². The number of para-hydroxylation sites is 2. The van der Waals surface area contributed by atoms with E-state index in [1.807, 2.05) is 45.3 Å². The second kappa shape index (κ2) is 9.81. The summed E-state index contributed by atoms with van der Waals surface area (Å²) in [5, 5.41) is 0. The Morgan fingerprint density at radius 1 is 1.12 bits per heavy atom. The Hall–Kier alpha value is -2.82. The fourth-order valence-corrected chi connectivity index (χ4v) is 5.54. The SMILES string of the molecule is Cc1cc(-c2nc3ccccc3n2[C@H](C)C(=O)O[C@@H]2C[C@H](C)CC[C@H]2C(C)C)ccc1N(C)C. The lowest BCUT2D eigenvalue weighted by atomic mass is 9.75. The Balaban J connectivity index is 1.71. The Bertz CT molecular complexity index is 1160. The predicted molar refractivity (Wildman–Crippen MR) is 140 cm³/mol. The summed E-state index contributed by atoms with van der Waals surface area (Å²) in [5.41, 5.74) is 5.19. The van der Waals surface area contributed by atoms with Crippen molar-refractivity contribution >= 4 is 22.7 Å². The van der Waals surface area contributed by atoms with Gasteiger partial charge in [-0.2, -0.15) is 0 Å². The molecule has 0 radical (unpaired) electrons. The smallest absolute Gasteiger partial charge is 0.329 e. The zero-order valence-corrected chi connectivity index (χ0v) is 21.7. The van der Waals surface area contributed by atoms with Crippen LogP contribution in [-0.2, 0) is 9.53 Å². The molecule has 5 nitrogen and oxygen atoms in total. The van der Waals surface area contributed by atoms with E-state index < -0.39 is 6.04 Å². The molecule has 2 aromatic carbocycles. The van der Waals surface area contributed by atoms with Gasteiger partial charge in [0.2, 0.25) is 0 Å². The van der Waals surface area contributed by atoms with Crippen LogP contribution in [0.15, 0.2) is 42.5 Å². The van der Waals surface area contributed by atoms with Crippen molar-refractivity contribution in [2.45, 2.75) is 66.0 Å². The van der Waals surface area contributed by atoms with E-state index in [9.17, 15) is 4.79 Å². The van der Waals surface area contributed by atoms with Gasteiger partial charge in [-0.15, -0.1) is 0 Å². The minimum Gasteiger partial charge on any atom is -0.461 e. The van der Waals surface area contributed by atoms with Crippen LogP contribution < -0.4 is 4.90 Å². The first-order valence-electron chi connectivity index (χ1n) is 12.6. The molecule has 0 aliphatic heterocycles. The van der Waals surface area contributed by atoms with Crippen molar-refractivity contribution in [2.24, 2.45) is 17.8 Å². The monoisotopic (exact) mass is 461 g/mol. The topological polar surface area (TPSA) is 47.4 Å². The summed E-state index contributed by atoms with van der Waals surface area (Å²) < 4.78 is 8.30. The quantitative estimate of drug-likeness (QED) is 0.386. The number of hydrogen-bond acceptors (Lipinski definition) is 4. The number of carbonyl (C=O) groups excluding carboxylic acids is 1. The number of aryl methyl sites for hydroxylation is 1. The molecule has 182 valence electrons. The molecule has 0 amide bonds. The third kappa shape index (κ3) is 4.70. The molecule has 1 saturated carbocycles. The lowest BCUT2D eigenvalue weighted by Gasteiger charge is -2.37. The zero-order valence-electron chi connectivity index (χ0n) is 21.7. The van der Waals surface area contributed by atoms with Crippen LogP contribution in [0.5, 0.6) is 0 Å². The fourth-order valence-electron chi connectivity index (χ4n) is 5.54. The number of aromatic nitrogens is 2. The third-order valence-corrected chi connectivity index (χ3v) is 7.49. The standard InChI is InChI=1S/C29H39N3O2/c1-18(2)23-14-12-19(3)16-27(23)34-29(33)21(5)32-26-11-9-8-10-24(26)30-28(32)22-13-15-25(31(6)7)20(4)17-22/h8-11,13,15,17-19,21,23,27H,12,14,16H2,1-7H3/t19-,21-,23+,27-/m1/s1. The average molecular weight is 462 g/mol. The summed E-state index contributed by atoms with van der Waals surface area (Å²) in [5.74, 6) is 2.15. The Morgan fingerprint density at radius 3 is 2.53 bits per heavy atom. The van der Waals surface area contributed by atoms with Crippen molar-refractivity contribution < 1.29 is 9.53 Å². The summed E-state index contributed by atoms with van der Waals surface area (Å²) in [4.78, 5) is 20.6. The van der Waals surface area contributed by atoms with Crippen LogP contribution in [0.2, 0.25) is 0 Å². The maximum absolute atomic E-state index is 13.5. The number of hydrogen-bond donors (Lipinski definition) is 0. The van der Waals surface area contributed by atoms with E-state index in [-0.39, 0.29) is 12.1 Å². The van der Waals surface area contributed by atoms with Crippen LogP contribution in [0, 0.1) is 24.7 Å². The third-order valence-electron chi connectivity index (χ3n) is 7.49. The van der Waals surface area contributed by atoms with Crippen molar-refractivity contribution in [1.29, 1.82) is 0 Å². The van der Waals surface area contributed by atoms with Gasteiger partial charge in [0.05, 0.1) is 11.0 Å². The Morgan fingerprint density at radius 2 is 1.85 bits per heavy atom. The van der Waals surface area contributed by atoms with Crippen molar-refractivity contribution in [2.75, 3.05) is 19.0 Å². The molecule has 34 heavy (non-hydrogen) atoms. The van der Waals surface area contributed by atoms with Gasteiger partial charge < -0.3 is 14.2 Å². The summed E-state index contributed by atoms with van der Waals surface area (Å²) >= 11 is 0. The van der Waals surface area contributed by atoms with Gasteiger partial charge >= 0.3 is 5.97 Å². The van der Waals surface area contributed by atoms with E-state index in [4.69, 9.17) is 9.72 Å². The average Bonchev–Trinajstić information content (AvgIpc) is 3.17. The second-order valence-corrected chi connectivity index (χ2v) is 10.7. The number of carbonyl (C=O) groups is 1. The molecule has 1 fully saturated rings. The molecule has 5 heteroatoms. The van der Waals surface area contributed by atoms with Gasteiger partial charge in [-0.3, -0.25) is 0 Å². The van der Waals surface area contributed by atoms with E-state index in [1.165, 1.54) is 17.7 Å². The number of anilines is 1. The number of rotatable bonds is 6. The number of nitrogens with zero attached hydrogens (tertiary/aromatic N) is 3. The van der Waals surface area contributed by atoms with Gasteiger partial charge in [-0.05, 0) is 80.3 Å². The van der Waals surface area contributed by atoms with Gasteiger partial charge in [0.15, 0.2) is 0 Å². The maximum atomic E-state index is 13.5. The molecule has 0 N–H and O–H groups in total. The summed E-state index contributed by atoms with van der Waals surface area (Å²) in [6.07, 6.45) is 3.27. The van der Waals surface area contributed by atoms with Crippen molar-refractivity contribution in [3.8, 4) is 11.4 Å². The highest BCUT2D eigenvalue weighted by molar-refractivity contribution is 5.85. The number of fused-ring (bicyclic) bond motifs is 1. The van der Waals surface area contributed by atoms with Crippen LogP contribution in [0.1, 0.15) is 58.6 Å². The first-order chi connectivity index (χ1) is 16.2. The van der Waals surface area contributed by atoms with E-state index in [1.54, 1.807) is 0 Å². The lowest BCUT2D eigenvalue weighted by Crippen LogP contribution is -2.37. The number of benzene rings is 2. The molecule has 0 spiro atoms. The van der Waals surface area contributed by atoms with Gasteiger partial charge in [0, 0.05) is 25.3 Å². The van der Waals surface area contributed by atoms with Crippen LogP contribution in [0.25, 0.3) is 22.4 Å². The number of esters is 1. The predicted octanol–water partition coefficient (Wildman–Crippen LogP) is 6.64. The Labute approximate surface area is 204 Å². The summed E-state index contributed by atoms with van der Waals surface area (Å²) in [6.45, 7) is 10.8. The highest BCUT2D eigenvalue weighted by atomic mass is 16.5. The van der Waals surface area contributed by atoms with Crippen LogP contribution >= 0.6 is 0 Å². The fraction of sp³-hybridized carbons (Fsp3) is 0.517. The first kappa shape index (κ1) is 24.3. The van der Waals surface area contributed by atoms with Crippen LogP contribution in [0.3, 0.4) is 0 Å². The van der Waals surface area contributed by atoms with E-state index in [0.717, 1.165) is 35.3 Å². The lowest BCUT2D eigenvalue weighted by molar-refractivity contribution is -0.159. The largest absolute Gasteiger partial charge is 0.461 e. The molecule has 4 rings (SSSR count). The molecule has 1 aliphatic carbocycles. The van der Waals surface area contributed by atoms with E-state index in [2.05, 4.69) is 55.4 Å². The van der Waals surface area contributed by atoms with Crippen molar-refractivity contribution in [1.82, 2.24) is 9.55 Å². The normalized spacial score (nSPS) is 21.6. The van der Waals surface area contributed by atoms with Crippen molar-refractivity contribution in [3.63, 3.8) is 0 Å².